The molecule has 1 heterocycles. The first-order valence-corrected chi connectivity index (χ1v) is 6.99. The minimum Gasteiger partial charge on any atom is -0.378 e. The van der Waals surface area contributed by atoms with E-state index in [2.05, 4.69) is 42.5 Å². The van der Waals surface area contributed by atoms with Crippen molar-refractivity contribution in [3.05, 3.63) is 46.8 Å². The lowest BCUT2D eigenvalue weighted by Gasteiger charge is -2.25. The molecule has 0 fully saturated rings. The van der Waals surface area contributed by atoms with Crippen molar-refractivity contribution in [1.29, 1.82) is 0 Å². The molecule has 1 aliphatic carbocycles. The molecule has 3 rings (SSSR count). The Bertz CT molecular complexity index is 598. The van der Waals surface area contributed by atoms with Gasteiger partial charge in [0.05, 0.1) is 12.2 Å². The molecule has 1 aromatic carbocycles. The lowest BCUT2D eigenvalue weighted by Crippen LogP contribution is -2.17. The minimum absolute atomic E-state index is 0.402. The highest BCUT2D eigenvalue weighted by atomic mass is 15.3. The van der Waals surface area contributed by atoms with Gasteiger partial charge in [-0.1, -0.05) is 6.07 Å². The van der Waals surface area contributed by atoms with Crippen LogP contribution >= 0.6 is 0 Å². The molecule has 2 aromatic rings. The predicted octanol–water partition coefficient (Wildman–Crippen LogP) is 3.53. The van der Waals surface area contributed by atoms with Gasteiger partial charge in [-0.2, -0.15) is 5.10 Å². The zero-order chi connectivity index (χ0) is 13.4. The van der Waals surface area contributed by atoms with E-state index >= 15 is 0 Å². The maximum atomic E-state index is 4.40. The summed E-state index contributed by atoms with van der Waals surface area (Å²) in [6.07, 6.45) is 5.59. The number of fused-ring (bicyclic) bond motifs is 1. The Morgan fingerprint density at radius 3 is 2.89 bits per heavy atom. The Balaban J connectivity index is 1.86. The molecule has 1 aliphatic rings. The number of benzene rings is 1. The highest BCUT2D eigenvalue weighted by Crippen LogP contribution is 2.32. The van der Waals surface area contributed by atoms with Crippen LogP contribution in [-0.4, -0.2) is 9.78 Å². The number of rotatable bonds is 2. The van der Waals surface area contributed by atoms with Crippen LogP contribution in [0.3, 0.4) is 0 Å². The van der Waals surface area contributed by atoms with Crippen LogP contribution in [0, 0.1) is 13.8 Å². The van der Waals surface area contributed by atoms with Gasteiger partial charge in [0.15, 0.2) is 0 Å². The number of hydrogen-bond donors (Lipinski definition) is 1. The van der Waals surface area contributed by atoms with Crippen molar-refractivity contribution in [3.8, 4) is 0 Å². The van der Waals surface area contributed by atoms with Gasteiger partial charge in [-0.3, -0.25) is 4.68 Å². The molecule has 3 nitrogen and oxygen atoms in total. The van der Waals surface area contributed by atoms with Gasteiger partial charge in [0.25, 0.3) is 0 Å². The van der Waals surface area contributed by atoms with Gasteiger partial charge in [0.1, 0.15) is 0 Å². The van der Waals surface area contributed by atoms with Crippen molar-refractivity contribution in [2.75, 3.05) is 5.32 Å². The summed E-state index contributed by atoms with van der Waals surface area (Å²) >= 11 is 0. The lowest BCUT2D eigenvalue weighted by atomic mass is 9.92. The minimum atomic E-state index is 0.402. The third-order valence-electron chi connectivity index (χ3n) is 4.22. The maximum absolute atomic E-state index is 4.40. The summed E-state index contributed by atoms with van der Waals surface area (Å²) in [5.41, 5.74) is 6.65. The SMILES string of the molecule is Cc1ccc(NC2CCCc3c2cnn3C)cc1C. The molecule has 0 saturated heterocycles. The van der Waals surface area contributed by atoms with Gasteiger partial charge < -0.3 is 5.32 Å². The number of nitrogens with one attached hydrogen (secondary N) is 1. The fourth-order valence-electron chi connectivity index (χ4n) is 2.89. The molecular formula is C16H21N3. The number of hydrogen-bond acceptors (Lipinski definition) is 2. The van der Waals surface area contributed by atoms with E-state index in [4.69, 9.17) is 0 Å². The molecule has 0 saturated carbocycles. The average molecular weight is 255 g/mol. The van der Waals surface area contributed by atoms with Gasteiger partial charge in [-0.25, -0.2) is 0 Å². The van der Waals surface area contributed by atoms with Crippen LogP contribution in [0.1, 0.15) is 41.3 Å². The number of aromatic nitrogens is 2. The van der Waals surface area contributed by atoms with Crippen molar-refractivity contribution < 1.29 is 0 Å². The summed E-state index contributed by atoms with van der Waals surface area (Å²) in [6, 6.07) is 7.00. The molecule has 1 N–H and O–H groups in total. The van der Waals surface area contributed by atoms with E-state index in [0.29, 0.717) is 6.04 Å². The van der Waals surface area contributed by atoms with Gasteiger partial charge >= 0.3 is 0 Å². The summed E-state index contributed by atoms with van der Waals surface area (Å²) in [5.74, 6) is 0. The second-order valence-corrected chi connectivity index (χ2v) is 5.56. The Labute approximate surface area is 114 Å². The zero-order valence-electron chi connectivity index (χ0n) is 11.9. The molecule has 100 valence electrons. The first kappa shape index (κ1) is 12.3. The smallest absolute Gasteiger partial charge is 0.0547 e. The highest BCUT2D eigenvalue weighted by Gasteiger charge is 2.23. The molecule has 3 heteroatoms. The molecule has 19 heavy (non-hydrogen) atoms. The van der Waals surface area contributed by atoms with Crippen LogP contribution in [-0.2, 0) is 13.5 Å². The van der Waals surface area contributed by atoms with Crippen molar-refractivity contribution in [2.24, 2.45) is 7.05 Å². The molecule has 0 bridgehead atoms. The zero-order valence-corrected chi connectivity index (χ0v) is 11.9. The van der Waals surface area contributed by atoms with E-state index in [1.165, 1.54) is 40.9 Å². The summed E-state index contributed by atoms with van der Waals surface area (Å²) in [6.45, 7) is 4.32. The van der Waals surface area contributed by atoms with E-state index < -0.39 is 0 Å². The monoisotopic (exact) mass is 255 g/mol. The van der Waals surface area contributed by atoms with Crippen LogP contribution in [0.4, 0.5) is 5.69 Å². The molecule has 1 aromatic heterocycles. The summed E-state index contributed by atoms with van der Waals surface area (Å²) < 4.78 is 2.02. The van der Waals surface area contributed by atoms with Gasteiger partial charge in [0.2, 0.25) is 0 Å². The molecule has 0 amide bonds. The number of aryl methyl sites for hydroxylation is 3. The summed E-state index contributed by atoms with van der Waals surface area (Å²) in [4.78, 5) is 0. The summed E-state index contributed by atoms with van der Waals surface area (Å²) in [7, 11) is 2.04. The molecule has 0 spiro atoms. The second-order valence-electron chi connectivity index (χ2n) is 5.56. The predicted molar refractivity (Wildman–Crippen MR) is 78.4 cm³/mol. The van der Waals surface area contributed by atoms with Crippen LogP contribution in [0.5, 0.6) is 0 Å². The van der Waals surface area contributed by atoms with Crippen LogP contribution < -0.4 is 5.32 Å². The topological polar surface area (TPSA) is 29.9 Å². The normalized spacial score (nSPS) is 18.2. The van der Waals surface area contributed by atoms with Gasteiger partial charge in [0, 0.05) is 24.0 Å². The van der Waals surface area contributed by atoms with Crippen LogP contribution in [0.25, 0.3) is 0 Å². The quantitative estimate of drug-likeness (QED) is 0.889. The fraction of sp³-hybridized carbons (Fsp3) is 0.438. The third kappa shape index (κ3) is 2.25. The second kappa shape index (κ2) is 4.72. The Hall–Kier alpha value is -1.77. The third-order valence-corrected chi connectivity index (χ3v) is 4.22. The van der Waals surface area contributed by atoms with Gasteiger partial charge in [-0.15, -0.1) is 0 Å². The molecule has 0 aliphatic heterocycles. The largest absolute Gasteiger partial charge is 0.378 e. The molecule has 1 atom stereocenters. The Morgan fingerprint density at radius 2 is 2.11 bits per heavy atom. The lowest BCUT2D eigenvalue weighted by molar-refractivity contribution is 0.571. The molecule has 0 radical (unpaired) electrons. The van der Waals surface area contributed by atoms with Crippen molar-refractivity contribution in [2.45, 2.75) is 39.2 Å². The van der Waals surface area contributed by atoms with E-state index in [1.54, 1.807) is 0 Å². The molecular weight excluding hydrogens is 234 g/mol. The van der Waals surface area contributed by atoms with E-state index in [1.807, 2.05) is 17.9 Å². The van der Waals surface area contributed by atoms with E-state index in [0.717, 1.165) is 6.42 Å². The number of anilines is 1. The van der Waals surface area contributed by atoms with Crippen LogP contribution in [0.15, 0.2) is 24.4 Å². The van der Waals surface area contributed by atoms with Crippen molar-refractivity contribution >= 4 is 5.69 Å². The van der Waals surface area contributed by atoms with E-state index in [9.17, 15) is 0 Å². The highest BCUT2D eigenvalue weighted by molar-refractivity contribution is 5.50. The Morgan fingerprint density at radius 1 is 1.26 bits per heavy atom. The fourth-order valence-corrected chi connectivity index (χ4v) is 2.89. The van der Waals surface area contributed by atoms with E-state index in [-0.39, 0.29) is 0 Å². The van der Waals surface area contributed by atoms with Crippen molar-refractivity contribution in [3.63, 3.8) is 0 Å². The molecule has 1 unspecified atom stereocenters. The maximum Gasteiger partial charge on any atom is 0.0547 e. The standard InChI is InChI=1S/C16H21N3/c1-11-7-8-13(9-12(11)2)18-15-5-4-6-16-14(15)10-17-19(16)3/h7-10,15,18H,4-6H2,1-3H3. The average Bonchev–Trinajstić information content (AvgIpc) is 2.77. The first-order chi connectivity index (χ1) is 9.15. The van der Waals surface area contributed by atoms with Gasteiger partial charge in [-0.05, 0) is 56.4 Å². The first-order valence-electron chi connectivity index (χ1n) is 6.99. The van der Waals surface area contributed by atoms with Crippen LogP contribution in [0.2, 0.25) is 0 Å². The Kier molecular flexibility index (Phi) is 3.05. The summed E-state index contributed by atoms with van der Waals surface area (Å²) in [5, 5.41) is 8.06. The number of nitrogens with zero attached hydrogens (tertiary/aromatic N) is 2. The van der Waals surface area contributed by atoms with Crippen molar-refractivity contribution in [1.82, 2.24) is 9.78 Å².